The van der Waals surface area contributed by atoms with Crippen LogP contribution >= 0.6 is 22.9 Å². The van der Waals surface area contributed by atoms with Crippen LogP contribution in [0.1, 0.15) is 9.67 Å². The molecule has 0 aliphatic rings. The van der Waals surface area contributed by atoms with E-state index in [-0.39, 0.29) is 12.3 Å². The second-order valence-electron chi connectivity index (χ2n) is 3.27. The van der Waals surface area contributed by atoms with E-state index in [1.165, 1.54) is 11.3 Å². The van der Waals surface area contributed by atoms with Crippen molar-refractivity contribution in [1.82, 2.24) is 0 Å². The second kappa shape index (κ2) is 4.78. The van der Waals surface area contributed by atoms with E-state index >= 15 is 0 Å². The molecular formula is C12H10ClNOS. The first-order chi connectivity index (χ1) is 7.72. The Morgan fingerprint density at radius 1 is 1.25 bits per heavy atom. The van der Waals surface area contributed by atoms with Crippen LogP contribution in [-0.2, 0) is 0 Å². The minimum Gasteiger partial charge on any atom is -0.324 e. The van der Waals surface area contributed by atoms with Gasteiger partial charge in [0, 0.05) is 15.5 Å². The van der Waals surface area contributed by atoms with Gasteiger partial charge in [0.2, 0.25) is 0 Å². The van der Waals surface area contributed by atoms with E-state index in [4.69, 9.17) is 17.3 Å². The molecule has 2 N–H and O–H groups in total. The summed E-state index contributed by atoms with van der Waals surface area (Å²) in [6.07, 6.45) is 0. The average molecular weight is 252 g/mol. The van der Waals surface area contributed by atoms with Gasteiger partial charge in [-0.3, -0.25) is 4.79 Å². The molecule has 2 nitrogen and oxygen atoms in total. The van der Waals surface area contributed by atoms with Crippen LogP contribution in [0.25, 0.3) is 10.4 Å². The molecule has 4 heteroatoms. The van der Waals surface area contributed by atoms with Gasteiger partial charge >= 0.3 is 0 Å². The Kier molecular flexibility index (Phi) is 3.39. The summed E-state index contributed by atoms with van der Waals surface area (Å²) in [5, 5.41) is 0.691. The average Bonchev–Trinajstić information content (AvgIpc) is 2.78. The van der Waals surface area contributed by atoms with E-state index in [2.05, 4.69) is 0 Å². The zero-order valence-corrected chi connectivity index (χ0v) is 10.0. The van der Waals surface area contributed by atoms with Crippen LogP contribution in [0.4, 0.5) is 0 Å². The molecule has 2 aromatic rings. The largest absolute Gasteiger partial charge is 0.324 e. The first kappa shape index (κ1) is 11.3. The molecule has 82 valence electrons. The summed E-state index contributed by atoms with van der Waals surface area (Å²) in [6.45, 7) is 0.0441. The fourth-order valence-corrected chi connectivity index (χ4v) is 2.68. The van der Waals surface area contributed by atoms with Crippen molar-refractivity contribution >= 4 is 28.7 Å². The van der Waals surface area contributed by atoms with Gasteiger partial charge in [-0.1, -0.05) is 29.8 Å². The highest BCUT2D eigenvalue weighted by atomic mass is 35.5. The minimum absolute atomic E-state index is 0.0386. The van der Waals surface area contributed by atoms with E-state index in [0.717, 1.165) is 10.4 Å². The Balaban J connectivity index is 2.39. The van der Waals surface area contributed by atoms with Crippen LogP contribution in [-0.4, -0.2) is 12.3 Å². The van der Waals surface area contributed by atoms with Gasteiger partial charge in [0.15, 0.2) is 5.78 Å². The lowest BCUT2D eigenvalue weighted by atomic mass is 10.2. The lowest BCUT2D eigenvalue weighted by Gasteiger charge is -1.99. The lowest BCUT2D eigenvalue weighted by molar-refractivity contribution is 0.100. The summed E-state index contributed by atoms with van der Waals surface area (Å²) in [5.41, 5.74) is 6.26. The van der Waals surface area contributed by atoms with Gasteiger partial charge in [-0.15, -0.1) is 11.3 Å². The summed E-state index contributed by atoms with van der Waals surface area (Å²) in [5.74, 6) is -0.0386. The molecule has 0 aliphatic carbocycles. The van der Waals surface area contributed by atoms with Crippen molar-refractivity contribution in [2.24, 2.45) is 5.73 Å². The molecule has 0 saturated carbocycles. The van der Waals surface area contributed by atoms with Crippen LogP contribution in [0.15, 0.2) is 36.4 Å². The number of hydrogen-bond acceptors (Lipinski definition) is 3. The number of thiophene rings is 1. The maximum Gasteiger partial charge on any atom is 0.186 e. The number of halogens is 1. The summed E-state index contributed by atoms with van der Waals surface area (Å²) < 4.78 is 0. The number of ketones is 1. The highest BCUT2D eigenvalue weighted by Gasteiger charge is 2.10. The zero-order valence-electron chi connectivity index (χ0n) is 8.44. The van der Waals surface area contributed by atoms with Crippen LogP contribution in [0.3, 0.4) is 0 Å². The van der Waals surface area contributed by atoms with Crippen LogP contribution in [0.5, 0.6) is 0 Å². The molecule has 0 amide bonds. The van der Waals surface area contributed by atoms with Crippen molar-refractivity contribution in [2.45, 2.75) is 0 Å². The first-order valence-corrected chi connectivity index (χ1v) is 6.00. The highest BCUT2D eigenvalue weighted by Crippen LogP contribution is 2.33. The van der Waals surface area contributed by atoms with Crippen molar-refractivity contribution in [2.75, 3.05) is 6.54 Å². The molecule has 1 heterocycles. The van der Waals surface area contributed by atoms with E-state index in [9.17, 15) is 4.79 Å². The number of nitrogens with two attached hydrogens (primary N) is 1. The normalized spacial score (nSPS) is 10.4. The standard InChI is InChI=1S/C12H10ClNOS/c13-9-4-2-1-3-8(9)11-5-6-12(16-11)10(15)7-14/h1-6H,7,14H2. The Morgan fingerprint density at radius 3 is 2.69 bits per heavy atom. The fourth-order valence-electron chi connectivity index (χ4n) is 1.39. The molecule has 1 aromatic carbocycles. The van der Waals surface area contributed by atoms with Gasteiger partial charge in [0.1, 0.15) is 0 Å². The lowest BCUT2D eigenvalue weighted by Crippen LogP contribution is -2.11. The Labute approximate surface area is 103 Å². The Morgan fingerprint density at radius 2 is 2.00 bits per heavy atom. The third-order valence-corrected chi connectivity index (χ3v) is 3.69. The zero-order chi connectivity index (χ0) is 11.5. The molecule has 0 saturated heterocycles. The van der Waals surface area contributed by atoms with Gasteiger partial charge in [-0.25, -0.2) is 0 Å². The molecule has 0 fully saturated rings. The van der Waals surface area contributed by atoms with Crippen LogP contribution < -0.4 is 5.73 Å². The number of carbonyl (C=O) groups excluding carboxylic acids is 1. The third-order valence-electron chi connectivity index (χ3n) is 2.21. The Hall–Kier alpha value is -1.16. The second-order valence-corrected chi connectivity index (χ2v) is 4.76. The predicted octanol–water partition coefficient (Wildman–Crippen LogP) is 3.21. The monoisotopic (exact) mass is 251 g/mol. The molecule has 0 radical (unpaired) electrons. The molecular weight excluding hydrogens is 242 g/mol. The number of rotatable bonds is 3. The SMILES string of the molecule is NCC(=O)c1ccc(-c2ccccc2Cl)s1. The Bertz CT molecular complexity index is 521. The molecule has 0 unspecified atom stereocenters. The van der Waals surface area contributed by atoms with E-state index in [0.29, 0.717) is 9.90 Å². The van der Waals surface area contributed by atoms with Gasteiger partial charge < -0.3 is 5.73 Å². The van der Waals surface area contributed by atoms with Gasteiger partial charge in [0.05, 0.1) is 11.4 Å². The maximum atomic E-state index is 11.4. The molecule has 0 spiro atoms. The summed E-state index contributed by atoms with van der Waals surface area (Å²) in [6, 6.07) is 11.3. The fraction of sp³-hybridized carbons (Fsp3) is 0.0833. The minimum atomic E-state index is -0.0386. The van der Waals surface area contributed by atoms with Gasteiger partial charge in [-0.05, 0) is 18.2 Å². The highest BCUT2D eigenvalue weighted by molar-refractivity contribution is 7.17. The topological polar surface area (TPSA) is 43.1 Å². The van der Waals surface area contributed by atoms with Crippen molar-refractivity contribution < 1.29 is 4.79 Å². The molecule has 0 bridgehead atoms. The van der Waals surface area contributed by atoms with Gasteiger partial charge in [0.25, 0.3) is 0 Å². The quantitative estimate of drug-likeness (QED) is 0.852. The van der Waals surface area contributed by atoms with Crippen LogP contribution in [0, 0.1) is 0 Å². The smallest absolute Gasteiger partial charge is 0.186 e. The number of Topliss-reactive ketones (excluding diaryl/α,β-unsaturated/α-hetero) is 1. The van der Waals surface area contributed by atoms with E-state index in [1.807, 2.05) is 30.3 Å². The van der Waals surface area contributed by atoms with Crippen molar-refractivity contribution in [3.8, 4) is 10.4 Å². The predicted molar refractivity (Wildman–Crippen MR) is 68.1 cm³/mol. The van der Waals surface area contributed by atoms with E-state index in [1.54, 1.807) is 6.07 Å². The van der Waals surface area contributed by atoms with Crippen molar-refractivity contribution in [3.05, 3.63) is 46.3 Å². The molecule has 0 aliphatic heterocycles. The molecule has 2 rings (SSSR count). The summed E-state index contributed by atoms with van der Waals surface area (Å²) >= 11 is 7.50. The molecule has 1 aromatic heterocycles. The van der Waals surface area contributed by atoms with Crippen molar-refractivity contribution in [1.29, 1.82) is 0 Å². The third kappa shape index (κ3) is 2.16. The number of hydrogen-bond donors (Lipinski definition) is 1. The van der Waals surface area contributed by atoms with Gasteiger partial charge in [-0.2, -0.15) is 0 Å². The number of carbonyl (C=O) groups is 1. The first-order valence-electron chi connectivity index (χ1n) is 4.80. The summed E-state index contributed by atoms with van der Waals surface area (Å²) in [7, 11) is 0. The number of benzene rings is 1. The molecule has 0 atom stereocenters. The molecule has 16 heavy (non-hydrogen) atoms. The van der Waals surface area contributed by atoms with E-state index < -0.39 is 0 Å². The summed E-state index contributed by atoms with van der Waals surface area (Å²) in [4.78, 5) is 13.1. The van der Waals surface area contributed by atoms with Crippen molar-refractivity contribution in [3.63, 3.8) is 0 Å². The van der Waals surface area contributed by atoms with Crippen LogP contribution in [0.2, 0.25) is 5.02 Å². The maximum absolute atomic E-state index is 11.4.